The normalized spacial score (nSPS) is 14.8. The number of urea groups is 1. The minimum Gasteiger partial charge on any atom is -0.382 e. The van der Waals surface area contributed by atoms with E-state index < -0.39 is 0 Å². The quantitative estimate of drug-likeness (QED) is 0.545. The molecule has 2 aromatic heterocycles. The monoisotopic (exact) mass is 440 g/mol. The van der Waals surface area contributed by atoms with Crippen LogP contribution in [-0.4, -0.2) is 76.3 Å². The number of rotatable bonds is 8. The second-order valence-electron chi connectivity index (χ2n) is 7.73. The van der Waals surface area contributed by atoms with E-state index in [1.54, 1.807) is 18.3 Å². The molecular weight excluding hydrogens is 411 g/mol. The Balaban J connectivity index is 1.39. The van der Waals surface area contributed by atoms with Crippen molar-refractivity contribution in [2.75, 3.05) is 45.9 Å². The van der Waals surface area contributed by atoms with Crippen LogP contribution in [-0.2, 0) is 11.3 Å². The van der Waals surface area contributed by atoms with E-state index in [0.29, 0.717) is 39.4 Å². The zero-order valence-corrected chi connectivity index (χ0v) is 18.3. The van der Waals surface area contributed by atoms with Gasteiger partial charge in [-0.05, 0) is 49.7 Å². The largest absolute Gasteiger partial charge is 0.382 e. The van der Waals surface area contributed by atoms with Crippen molar-refractivity contribution in [2.45, 2.75) is 19.9 Å². The first-order valence-electron chi connectivity index (χ1n) is 11.1. The van der Waals surface area contributed by atoms with Gasteiger partial charge in [0.15, 0.2) is 5.65 Å². The molecule has 4 rings (SSSR count). The maximum absolute atomic E-state index is 13.5. The summed E-state index contributed by atoms with van der Waals surface area (Å²) in [4.78, 5) is 25.8. The molecule has 1 N–H and O–H groups in total. The Morgan fingerprint density at radius 2 is 1.94 bits per heavy atom. The number of nitrogens with zero attached hydrogens (tertiary/aromatic N) is 5. The number of halogens is 1. The second kappa shape index (κ2) is 10.5. The van der Waals surface area contributed by atoms with Gasteiger partial charge in [-0.1, -0.05) is 0 Å². The highest BCUT2D eigenvalue weighted by Gasteiger charge is 2.23. The van der Waals surface area contributed by atoms with Gasteiger partial charge in [-0.15, -0.1) is 0 Å². The van der Waals surface area contributed by atoms with Crippen molar-refractivity contribution in [1.29, 1.82) is 0 Å². The number of carbonyl (C=O) groups is 1. The van der Waals surface area contributed by atoms with Crippen LogP contribution in [0.5, 0.6) is 0 Å². The molecular formula is C23H29FN6O2. The number of ether oxygens (including phenoxy) is 1. The van der Waals surface area contributed by atoms with Crippen LogP contribution in [0.1, 0.15) is 19.2 Å². The summed E-state index contributed by atoms with van der Waals surface area (Å²) in [6.07, 6.45) is 2.55. The summed E-state index contributed by atoms with van der Waals surface area (Å²) >= 11 is 0. The van der Waals surface area contributed by atoms with Crippen molar-refractivity contribution in [3.05, 3.63) is 54.2 Å². The number of hydrogen-bond donors (Lipinski definition) is 1. The van der Waals surface area contributed by atoms with Crippen molar-refractivity contribution in [1.82, 2.24) is 29.7 Å². The number of piperazine rings is 1. The highest BCUT2D eigenvalue weighted by Crippen LogP contribution is 2.21. The number of hydrogen-bond acceptors (Lipinski definition) is 5. The lowest BCUT2D eigenvalue weighted by atomic mass is 10.3. The Morgan fingerprint density at radius 1 is 1.16 bits per heavy atom. The Kier molecular flexibility index (Phi) is 7.28. The number of benzene rings is 1. The van der Waals surface area contributed by atoms with Gasteiger partial charge in [0.25, 0.3) is 0 Å². The fourth-order valence-corrected chi connectivity index (χ4v) is 3.86. The fraction of sp³-hybridized carbons (Fsp3) is 0.435. The molecule has 1 aliphatic heterocycles. The molecule has 1 aliphatic rings. The Hall–Kier alpha value is -3.04. The molecule has 3 heterocycles. The van der Waals surface area contributed by atoms with Crippen molar-refractivity contribution in [3.63, 3.8) is 0 Å². The first-order chi connectivity index (χ1) is 15.7. The lowest BCUT2D eigenvalue weighted by Crippen LogP contribution is -2.51. The number of amides is 2. The number of fused-ring (bicyclic) bond motifs is 1. The van der Waals surface area contributed by atoms with Crippen LogP contribution in [0.4, 0.5) is 9.18 Å². The van der Waals surface area contributed by atoms with E-state index in [1.165, 1.54) is 12.1 Å². The van der Waals surface area contributed by atoms with E-state index in [9.17, 15) is 9.18 Å². The van der Waals surface area contributed by atoms with Crippen molar-refractivity contribution in [3.8, 4) is 5.69 Å². The van der Waals surface area contributed by atoms with E-state index in [0.717, 1.165) is 42.2 Å². The van der Waals surface area contributed by atoms with Gasteiger partial charge in [0.05, 0.1) is 6.54 Å². The maximum atomic E-state index is 13.5. The summed E-state index contributed by atoms with van der Waals surface area (Å²) < 4.78 is 20.7. The Labute approximate surface area is 187 Å². The molecule has 1 saturated heterocycles. The molecule has 32 heavy (non-hydrogen) atoms. The first kappa shape index (κ1) is 22.2. The standard InChI is InChI=1S/C23H29FN6O2/c1-2-32-16-4-11-26-23(31)29-14-12-28(13-15-29)17-21-27-20-5-3-10-25-22(20)30(21)19-8-6-18(24)7-9-19/h3,5-10H,2,4,11-17H2,1H3,(H,26,31). The van der Waals surface area contributed by atoms with Gasteiger partial charge in [-0.2, -0.15) is 0 Å². The van der Waals surface area contributed by atoms with Crippen LogP contribution < -0.4 is 5.32 Å². The van der Waals surface area contributed by atoms with Crippen molar-refractivity contribution >= 4 is 17.2 Å². The summed E-state index contributed by atoms with van der Waals surface area (Å²) in [5.41, 5.74) is 2.38. The molecule has 9 heteroatoms. The van der Waals surface area contributed by atoms with Gasteiger partial charge in [-0.25, -0.2) is 19.2 Å². The molecule has 1 aromatic carbocycles. The number of nitrogens with one attached hydrogen (secondary N) is 1. The van der Waals surface area contributed by atoms with Gasteiger partial charge in [0.2, 0.25) is 0 Å². The zero-order valence-electron chi connectivity index (χ0n) is 18.3. The van der Waals surface area contributed by atoms with Gasteiger partial charge < -0.3 is 15.0 Å². The third-order valence-electron chi connectivity index (χ3n) is 5.54. The van der Waals surface area contributed by atoms with Gasteiger partial charge in [0.1, 0.15) is 17.2 Å². The molecule has 0 saturated carbocycles. The van der Waals surface area contributed by atoms with Crippen LogP contribution in [0.3, 0.4) is 0 Å². The molecule has 0 atom stereocenters. The zero-order chi connectivity index (χ0) is 22.3. The smallest absolute Gasteiger partial charge is 0.317 e. The molecule has 8 nitrogen and oxygen atoms in total. The predicted octanol–water partition coefficient (Wildman–Crippen LogP) is 2.81. The number of imidazole rings is 1. The average molecular weight is 441 g/mol. The molecule has 2 amide bonds. The van der Waals surface area contributed by atoms with E-state index in [1.807, 2.05) is 28.5 Å². The summed E-state index contributed by atoms with van der Waals surface area (Å²) in [5, 5.41) is 2.96. The lowest BCUT2D eigenvalue weighted by molar-refractivity contribution is 0.129. The van der Waals surface area contributed by atoms with Crippen molar-refractivity contribution in [2.24, 2.45) is 0 Å². The third-order valence-corrected chi connectivity index (χ3v) is 5.54. The number of pyridine rings is 1. The average Bonchev–Trinajstić information content (AvgIpc) is 3.17. The summed E-state index contributed by atoms with van der Waals surface area (Å²) in [6, 6.07) is 10.1. The van der Waals surface area contributed by atoms with E-state index >= 15 is 0 Å². The van der Waals surface area contributed by atoms with Crippen LogP contribution >= 0.6 is 0 Å². The molecule has 3 aromatic rings. The third kappa shape index (κ3) is 5.23. The Morgan fingerprint density at radius 3 is 2.69 bits per heavy atom. The second-order valence-corrected chi connectivity index (χ2v) is 7.73. The highest BCUT2D eigenvalue weighted by molar-refractivity contribution is 5.74. The predicted molar refractivity (Wildman–Crippen MR) is 120 cm³/mol. The molecule has 0 unspecified atom stereocenters. The molecule has 170 valence electrons. The highest BCUT2D eigenvalue weighted by atomic mass is 19.1. The van der Waals surface area contributed by atoms with Crippen LogP contribution in [0.2, 0.25) is 0 Å². The molecule has 1 fully saturated rings. The Bertz CT molecular complexity index is 1030. The summed E-state index contributed by atoms with van der Waals surface area (Å²) in [6.45, 7) is 7.39. The molecule has 0 bridgehead atoms. The summed E-state index contributed by atoms with van der Waals surface area (Å²) in [5.74, 6) is 0.569. The van der Waals surface area contributed by atoms with E-state index in [2.05, 4.69) is 15.2 Å². The van der Waals surface area contributed by atoms with E-state index in [-0.39, 0.29) is 11.8 Å². The van der Waals surface area contributed by atoms with E-state index in [4.69, 9.17) is 9.72 Å². The molecule has 0 aliphatic carbocycles. The van der Waals surface area contributed by atoms with Crippen molar-refractivity contribution < 1.29 is 13.9 Å². The van der Waals surface area contributed by atoms with Crippen LogP contribution in [0, 0.1) is 5.82 Å². The topological polar surface area (TPSA) is 75.5 Å². The fourth-order valence-electron chi connectivity index (χ4n) is 3.86. The summed E-state index contributed by atoms with van der Waals surface area (Å²) in [7, 11) is 0. The van der Waals surface area contributed by atoms with Gasteiger partial charge in [-0.3, -0.25) is 9.47 Å². The minimum absolute atomic E-state index is 0.0242. The SMILES string of the molecule is CCOCCCNC(=O)N1CCN(Cc2nc3cccnc3n2-c2ccc(F)cc2)CC1. The minimum atomic E-state index is -0.278. The van der Waals surface area contributed by atoms with Crippen LogP contribution in [0.25, 0.3) is 16.9 Å². The van der Waals surface area contributed by atoms with Gasteiger partial charge >= 0.3 is 6.03 Å². The lowest BCUT2D eigenvalue weighted by Gasteiger charge is -2.34. The number of carbonyl (C=O) groups excluding carboxylic acids is 1. The molecule has 0 radical (unpaired) electrons. The van der Waals surface area contributed by atoms with Gasteiger partial charge in [0, 0.05) is 57.8 Å². The first-order valence-corrected chi connectivity index (χ1v) is 11.1. The maximum Gasteiger partial charge on any atom is 0.317 e. The molecule has 0 spiro atoms. The number of aromatic nitrogens is 3. The van der Waals surface area contributed by atoms with Crippen LogP contribution in [0.15, 0.2) is 42.6 Å².